The molecule has 2 aromatic carbocycles. The van der Waals surface area contributed by atoms with Gasteiger partial charge in [0.05, 0.1) is 24.8 Å². The molecule has 5 rings (SSSR count). The van der Waals surface area contributed by atoms with Gasteiger partial charge in [0.1, 0.15) is 5.75 Å². The van der Waals surface area contributed by atoms with Gasteiger partial charge in [0, 0.05) is 43.6 Å². The van der Waals surface area contributed by atoms with Crippen LogP contribution in [0.5, 0.6) is 5.75 Å². The molecule has 0 saturated carbocycles. The third kappa shape index (κ3) is 4.38. The molecule has 0 radical (unpaired) electrons. The lowest BCUT2D eigenvalue weighted by Gasteiger charge is -2.38. The van der Waals surface area contributed by atoms with Gasteiger partial charge in [0.25, 0.3) is 0 Å². The molecule has 0 spiro atoms. The highest BCUT2D eigenvalue weighted by molar-refractivity contribution is 5.92. The van der Waals surface area contributed by atoms with Crippen LogP contribution in [0, 0.1) is 12.8 Å². The van der Waals surface area contributed by atoms with Crippen LogP contribution in [-0.4, -0.2) is 53.1 Å². The Morgan fingerprint density at radius 1 is 1.12 bits per heavy atom. The molecule has 1 aromatic heterocycles. The minimum atomic E-state index is 0.0832. The first kappa shape index (κ1) is 21.3. The Hall–Kier alpha value is -3.54. The maximum absolute atomic E-state index is 12.9. The molecule has 33 heavy (non-hydrogen) atoms. The number of anilines is 1. The van der Waals surface area contributed by atoms with E-state index in [0.29, 0.717) is 12.0 Å². The fourth-order valence-corrected chi connectivity index (χ4v) is 5.16. The molecule has 2 atom stereocenters. The van der Waals surface area contributed by atoms with E-state index in [1.54, 1.807) is 19.5 Å². The van der Waals surface area contributed by atoms with Crippen molar-refractivity contribution in [2.24, 2.45) is 5.92 Å². The third-order valence-electron chi connectivity index (χ3n) is 6.85. The number of aromatic nitrogens is 2. The number of benzene rings is 2. The molecule has 2 fully saturated rings. The summed E-state index contributed by atoms with van der Waals surface area (Å²) in [6, 6.07) is 17.1. The highest BCUT2D eigenvalue weighted by Gasteiger charge is 2.39. The quantitative estimate of drug-likeness (QED) is 0.552. The minimum Gasteiger partial charge on any atom is -0.495 e. The number of methoxy groups -OCH3 is 1. The summed E-state index contributed by atoms with van der Waals surface area (Å²) >= 11 is 0. The van der Waals surface area contributed by atoms with Crippen molar-refractivity contribution >= 4 is 17.7 Å². The second-order valence-electron chi connectivity index (χ2n) is 8.90. The number of imidazole rings is 1. The predicted octanol–water partition coefficient (Wildman–Crippen LogP) is 4.33. The SMILES string of the molecule is COc1cc(C=CC(=O)N2CCC3[C@@H](CCN3c3ccccc3)C2)ccc1-n1cnc(C)c1. The Morgan fingerprint density at radius 2 is 1.97 bits per heavy atom. The third-order valence-corrected chi connectivity index (χ3v) is 6.85. The first-order chi connectivity index (χ1) is 16.1. The molecular formula is C27H30N4O2. The molecule has 1 unspecified atom stereocenters. The molecule has 6 nitrogen and oxygen atoms in total. The first-order valence-corrected chi connectivity index (χ1v) is 11.6. The monoisotopic (exact) mass is 442 g/mol. The lowest BCUT2D eigenvalue weighted by atomic mass is 9.92. The van der Waals surface area contributed by atoms with Crippen molar-refractivity contribution in [3.05, 3.63) is 78.4 Å². The second-order valence-corrected chi connectivity index (χ2v) is 8.90. The predicted molar refractivity (Wildman–Crippen MR) is 131 cm³/mol. The van der Waals surface area contributed by atoms with Crippen LogP contribution in [-0.2, 0) is 4.79 Å². The number of nitrogens with zero attached hydrogens (tertiary/aromatic N) is 4. The average molecular weight is 443 g/mol. The summed E-state index contributed by atoms with van der Waals surface area (Å²) < 4.78 is 7.53. The second kappa shape index (κ2) is 9.14. The van der Waals surface area contributed by atoms with Gasteiger partial charge >= 0.3 is 0 Å². The molecule has 0 N–H and O–H groups in total. The molecule has 2 aliphatic heterocycles. The fraction of sp³-hybridized carbons (Fsp3) is 0.333. The van der Waals surface area contributed by atoms with Gasteiger partial charge < -0.3 is 19.1 Å². The van der Waals surface area contributed by atoms with E-state index in [2.05, 4.69) is 40.2 Å². The Balaban J connectivity index is 1.24. The van der Waals surface area contributed by atoms with Crippen LogP contribution in [0.4, 0.5) is 5.69 Å². The smallest absolute Gasteiger partial charge is 0.246 e. The van der Waals surface area contributed by atoms with Crippen molar-refractivity contribution in [1.29, 1.82) is 0 Å². The van der Waals surface area contributed by atoms with Crippen LogP contribution in [0.25, 0.3) is 11.8 Å². The molecule has 170 valence electrons. The number of ether oxygens (including phenoxy) is 1. The molecule has 2 saturated heterocycles. The van der Waals surface area contributed by atoms with E-state index in [1.165, 1.54) is 5.69 Å². The molecule has 3 aromatic rings. The summed E-state index contributed by atoms with van der Waals surface area (Å²) in [5.74, 6) is 1.36. The van der Waals surface area contributed by atoms with Gasteiger partial charge in [-0.05, 0) is 61.6 Å². The molecular weight excluding hydrogens is 412 g/mol. The molecule has 0 aliphatic carbocycles. The van der Waals surface area contributed by atoms with Crippen molar-refractivity contribution in [2.45, 2.75) is 25.8 Å². The number of para-hydroxylation sites is 1. The maximum Gasteiger partial charge on any atom is 0.246 e. The lowest BCUT2D eigenvalue weighted by Crippen LogP contribution is -2.47. The van der Waals surface area contributed by atoms with Gasteiger partial charge in [0.15, 0.2) is 0 Å². The van der Waals surface area contributed by atoms with Crippen LogP contribution in [0.15, 0.2) is 67.1 Å². The summed E-state index contributed by atoms with van der Waals surface area (Å²) in [7, 11) is 1.66. The number of fused-ring (bicyclic) bond motifs is 1. The van der Waals surface area contributed by atoms with Crippen molar-refractivity contribution in [1.82, 2.24) is 14.5 Å². The highest BCUT2D eigenvalue weighted by atomic mass is 16.5. The number of amides is 1. The first-order valence-electron chi connectivity index (χ1n) is 11.6. The van der Waals surface area contributed by atoms with Gasteiger partial charge in [-0.25, -0.2) is 4.98 Å². The van der Waals surface area contributed by atoms with E-state index >= 15 is 0 Å². The highest BCUT2D eigenvalue weighted by Crippen LogP contribution is 2.35. The van der Waals surface area contributed by atoms with Crippen LogP contribution in [0.3, 0.4) is 0 Å². The minimum absolute atomic E-state index is 0.0832. The van der Waals surface area contributed by atoms with Gasteiger partial charge in [0.2, 0.25) is 5.91 Å². The van der Waals surface area contributed by atoms with E-state index in [9.17, 15) is 4.79 Å². The molecule has 6 heteroatoms. The maximum atomic E-state index is 12.9. The Bertz CT molecular complexity index is 1150. The van der Waals surface area contributed by atoms with Crippen LogP contribution in [0.1, 0.15) is 24.1 Å². The standard InChI is InChI=1S/C27H30N4O2/c1-20-17-30(19-28-20)25-10-8-21(16-26(25)33-2)9-11-27(32)29-14-13-24-22(18-29)12-15-31(24)23-6-4-3-5-7-23/h3-11,16-17,19,22,24H,12-15,18H2,1-2H3/t22-,24?/m0/s1. The zero-order chi connectivity index (χ0) is 22.8. The topological polar surface area (TPSA) is 50.6 Å². The van der Waals surface area contributed by atoms with Crippen molar-refractivity contribution in [2.75, 3.05) is 31.6 Å². The zero-order valence-corrected chi connectivity index (χ0v) is 19.2. The van der Waals surface area contributed by atoms with Crippen molar-refractivity contribution < 1.29 is 9.53 Å². The van der Waals surface area contributed by atoms with E-state index in [0.717, 1.165) is 55.2 Å². The summed E-state index contributed by atoms with van der Waals surface area (Å²) in [6.45, 7) is 4.66. The van der Waals surface area contributed by atoms with Gasteiger partial charge in [-0.1, -0.05) is 24.3 Å². The summed E-state index contributed by atoms with van der Waals surface area (Å²) in [5.41, 5.74) is 4.11. The number of piperidine rings is 1. The number of aryl methyl sites for hydroxylation is 1. The Labute approximate surface area is 195 Å². The van der Waals surface area contributed by atoms with Gasteiger partial charge in [-0.15, -0.1) is 0 Å². The van der Waals surface area contributed by atoms with Gasteiger partial charge in [-0.2, -0.15) is 0 Å². The Kier molecular flexibility index (Phi) is 5.90. The lowest BCUT2D eigenvalue weighted by molar-refractivity contribution is -0.127. The normalized spacial score (nSPS) is 20.3. The van der Waals surface area contributed by atoms with Crippen LogP contribution >= 0.6 is 0 Å². The van der Waals surface area contributed by atoms with Gasteiger partial charge in [-0.3, -0.25) is 4.79 Å². The van der Waals surface area contributed by atoms with E-state index in [1.807, 2.05) is 46.9 Å². The molecule has 3 heterocycles. The number of likely N-dealkylation sites (tertiary alicyclic amines) is 1. The summed E-state index contributed by atoms with van der Waals surface area (Å²) in [5, 5.41) is 0. The van der Waals surface area contributed by atoms with Crippen LogP contribution < -0.4 is 9.64 Å². The number of carbonyl (C=O) groups excluding carboxylic acids is 1. The van der Waals surface area contributed by atoms with E-state index in [-0.39, 0.29) is 5.91 Å². The number of hydrogen-bond acceptors (Lipinski definition) is 4. The summed E-state index contributed by atoms with van der Waals surface area (Å²) in [4.78, 5) is 21.8. The zero-order valence-electron chi connectivity index (χ0n) is 19.2. The van der Waals surface area contributed by atoms with Crippen LogP contribution in [0.2, 0.25) is 0 Å². The fourth-order valence-electron chi connectivity index (χ4n) is 5.16. The van der Waals surface area contributed by atoms with Crippen molar-refractivity contribution in [3.63, 3.8) is 0 Å². The molecule has 1 amide bonds. The summed E-state index contributed by atoms with van der Waals surface area (Å²) in [6.07, 6.45) is 9.47. The number of carbonyl (C=O) groups is 1. The number of rotatable bonds is 5. The molecule has 2 aliphatic rings. The number of hydrogen-bond donors (Lipinski definition) is 0. The molecule has 0 bridgehead atoms. The van der Waals surface area contributed by atoms with Crippen molar-refractivity contribution in [3.8, 4) is 11.4 Å². The Morgan fingerprint density at radius 3 is 2.73 bits per heavy atom. The van der Waals surface area contributed by atoms with E-state index in [4.69, 9.17) is 4.74 Å². The largest absolute Gasteiger partial charge is 0.495 e. The van der Waals surface area contributed by atoms with E-state index < -0.39 is 0 Å². The average Bonchev–Trinajstić information content (AvgIpc) is 3.48.